The molecule has 0 aromatic heterocycles. The van der Waals surface area contributed by atoms with E-state index in [0.717, 1.165) is 34.5 Å². The predicted octanol–water partition coefficient (Wildman–Crippen LogP) is 6.22. The minimum absolute atomic E-state index is 0.0573. The van der Waals surface area contributed by atoms with Crippen LogP contribution in [0.1, 0.15) is 58.4 Å². The van der Waals surface area contributed by atoms with E-state index in [-0.39, 0.29) is 17.3 Å². The lowest BCUT2D eigenvalue weighted by Gasteiger charge is -2.41. The molecule has 0 amide bonds. The van der Waals surface area contributed by atoms with Crippen molar-refractivity contribution in [3.63, 3.8) is 0 Å². The van der Waals surface area contributed by atoms with Crippen LogP contribution in [0.3, 0.4) is 0 Å². The molecule has 1 aromatic carbocycles. The topological polar surface area (TPSA) is 44.8 Å². The molecular weight excluding hydrogens is 464 g/mol. The standard InChI is InChI=1S/C24H31BrO4S/c1-4-27-22(26)19(17-5-8-21(20(25)12-17)30-18-6-7-18)11-16-9-10-24(13-16)28-14-23(2,3)15-29-24/h5,8,11-12,16,18H,4,6-7,9-10,13-15H2,1-3H3. The van der Waals surface area contributed by atoms with Gasteiger partial charge in [0.05, 0.1) is 25.4 Å². The summed E-state index contributed by atoms with van der Waals surface area (Å²) in [7, 11) is 0. The van der Waals surface area contributed by atoms with Crippen molar-refractivity contribution < 1.29 is 19.0 Å². The first-order valence-electron chi connectivity index (χ1n) is 10.9. The summed E-state index contributed by atoms with van der Waals surface area (Å²) in [6, 6.07) is 6.20. The summed E-state index contributed by atoms with van der Waals surface area (Å²) >= 11 is 5.61. The SMILES string of the molecule is CCOC(=O)C(=CC1CCC2(C1)OCC(C)(C)CO2)c1ccc(SC2CC2)c(Br)c1. The minimum atomic E-state index is -0.498. The second kappa shape index (κ2) is 8.97. The van der Waals surface area contributed by atoms with E-state index in [1.165, 1.54) is 17.7 Å². The fourth-order valence-corrected chi connectivity index (χ4v) is 5.71. The summed E-state index contributed by atoms with van der Waals surface area (Å²) < 4.78 is 18.8. The van der Waals surface area contributed by atoms with Gasteiger partial charge in [-0.15, -0.1) is 11.8 Å². The van der Waals surface area contributed by atoms with Crippen molar-refractivity contribution in [3.8, 4) is 0 Å². The van der Waals surface area contributed by atoms with Crippen molar-refractivity contribution in [1.29, 1.82) is 0 Å². The molecule has 2 saturated carbocycles. The van der Waals surface area contributed by atoms with Gasteiger partial charge in [-0.3, -0.25) is 0 Å². The van der Waals surface area contributed by atoms with Crippen LogP contribution in [-0.2, 0) is 19.0 Å². The van der Waals surface area contributed by atoms with E-state index in [0.29, 0.717) is 25.4 Å². The van der Waals surface area contributed by atoms with Gasteiger partial charge in [0.15, 0.2) is 5.79 Å². The molecule has 3 aliphatic rings. The van der Waals surface area contributed by atoms with Crippen molar-refractivity contribution in [2.24, 2.45) is 11.3 Å². The van der Waals surface area contributed by atoms with Crippen LogP contribution >= 0.6 is 27.7 Å². The molecule has 0 N–H and O–H groups in total. The molecule has 30 heavy (non-hydrogen) atoms. The molecule has 3 fully saturated rings. The highest BCUT2D eigenvalue weighted by molar-refractivity contribution is 9.10. The number of carbonyl (C=O) groups is 1. The van der Waals surface area contributed by atoms with Gasteiger partial charge in [0.1, 0.15) is 0 Å². The zero-order chi connectivity index (χ0) is 21.4. The number of hydrogen-bond acceptors (Lipinski definition) is 5. The third-order valence-corrected chi connectivity index (χ3v) is 8.21. The Balaban J connectivity index is 1.53. The number of carbonyl (C=O) groups excluding carboxylic acids is 1. The normalized spacial score (nSPS) is 25.5. The highest BCUT2D eigenvalue weighted by atomic mass is 79.9. The lowest BCUT2D eigenvalue weighted by Crippen LogP contribution is -2.46. The predicted molar refractivity (Wildman–Crippen MR) is 123 cm³/mol. The summed E-state index contributed by atoms with van der Waals surface area (Å²) in [6.07, 6.45) is 7.24. The van der Waals surface area contributed by atoms with Crippen molar-refractivity contribution in [2.45, 2.75) is 68.8 Å². The van der Waals surface area contributed by atoms with Crippen molar-refractivity contribution in [1.82, 2.24) is 0 Å². The van der Waals surface area contributed by atoms with Crippen LogP contribution in [0.4, 0.5) is 0 Å². The molecule has 1 atom stereocenters. The second-order valence-electron chi connectivity index (χ2n) is 9.42. The number of allylic oxidation sites excluding steroid dienone is 1. The zero-order valence-electron chi connectivity index (χ0n) is 18.0. The first-order chi connectivity index (χ1) is 14.3. The van der Waals surface area contributed by atoms with E-state index < -0.39 is 5.79 Å². The van der Waals surface area contributed by atoms with Crippen LogP contribution in [0.15, 0.2) is 33.6 Å². The Bertz CT molecular complexity index is 820. The lowest BCUT2D eigenvalue weighted by molar-refractivity contribution is -0.295. The monoisotopic (exact) mass is 494 g/mol. The van der Waals surface area contributed by atoms with Crippen LogP contribution in [0, 0.1) is 11.3 Å². The van der Waals surface area contributed by atoms with Crippen LogP contribution in [0.2, 0.25) is 0 Å². The van der Waals surface area contributed by atoms with Gasteiger partial charge in [0.2, 0.25) is 0 Å². The zero-order valence-corrected chi connectivity index (χ0v) is 20.4. The number of halogens is 1. The minimum Gasteiger partial charge on any atom is -0.462 e. The maximum absolute atomic E-state index is 12.8. The van der Waals surface area contributed by atoms with Crippen LogP contribution in [-0.4, -0.2) is 36.8 Å². The smallest absolute Gasteiger partial charge is 0.338 e. The quantitative estimate of drug-likeness (QED) is 0.346. The molecular formula is C24H31BrO4S. The first-order valence-corrected chi connectivity index (χ1v) is 12.6. The fourth-order valence-electron chi connectivity index (χ4n) is 4.01. The molecule has 4 nitrogen and oxygen atoms in total. The van der Waals surface area contributed by atoms with Gasteiger partial charge in [0, 0.05) is 32.9 Å². The maximum Gasteiger partial charge on any atom is 0.338 e. The Morgan fingerprint density at radius 2 is 2.00 bits per heavy atom. The van der Waals surface area contributed by atoms with Crippen molar-refractivity contribution in [3.05, 3.63) is 34.3 Å². The largest absolute Gasteiger partial charge is 0.462 e. The molecule has 2 aliphatic carbocycles. The highest BCUT2D eigenvalue weighted by Gasteiger charge is 2.45. The van der Waals surface area contributed by atoms with E-state index in [4.69, 9.17) is 14.2 Å². The fraction of sp³-hybridized carbons (Fsp3) is 0.625. The summed E-state index contributed by atoms with van der Waals surface area (Å²) in [5.41, 5.74) is 1.59. The molecule has 0 radical (unpaired) electrons. The van der Waals surface area contributed by atoms with E-state index in [1.54, 1.807) is 0 Å². The Labute approximate surface area is 192 Å². The second-order valence-corrected chi connectivity index (χ2v) is 11.6. The van der Waals surface area contributed by atoms with Gasteiger partial charge < -0.3 is 14.2 Å². The number of esters is 1. The molecule has 1 spiro atoms. The Morgan fingerprint density at radius 3 is 2.63 bits per heavy atom. The number of thioether (sulfide) groups is 1. The average molecular weight is 495 g/mol. The molecule has 1 saturated heterocycles. The first kappa shape index (κ1) is 22.4. The molecule has 0 bridgehead atoms. The number of rotatable bonds is 6. The van der Waals surface area contributed by atoms with Gasteiger partial charge in [-0.1, -0.05) is 26.0 Å². The Hall–Kier alpha value is -0.820. The number of ether oxygens (including phenoxy) is 3. The molecule has 4 rings (SSSR count). The molecule has 1 heterocycles. The third-order valence-electron chi connectivity index (χ3n) is 5.88. The lowest BCUT2D eigenvalue weighted by atomic mass is 9.94. The molecule has 1 unspecified atom stereocenters. The molecule has 1 aliphatic heterocycles. The van der Waals surface area contributed by atoms with Crippen LogP contribution in [0.5, 0.6) is 0 Å². The van der Waals surface area contributed by atoms with Gasteiger partial charge >= 0.3 is 5.97 Å². The Kier molecular flexibility index (Phi) is 6.69. The van der Waals surface area contributed by atoms with E-state index in [2.05, 4.69) is 41.9 Å². The van der Waals surface area contributed by atoms with Crippen LogP contribution in [0.25, 0.3) is 5.57 Å². The van der Waals surface area contributed by atoms with Gasteiger partial charge in [0.25, 0.3) is 0 Å². The summed E-state index contributed by atoms with van der Waals surface area (Å²) in [6.45, 7) is 7.95. The molecule has 164 valence electrons. The summed E-state index contributed by atoms with van der Waals surface area (Å²) in [5.74, 6) is -0.536. The average Bonchev–Trinajstić information content (AvgIpc) is 3.44. The van der Waals surface area contributed by atoms with Crippen molar-refractivity contribution >= 4 is 39.2 Å². The van der Waals surface area contributed by atoms with Gasteiger partial charge in [-0.2, -0.15) is 0 Å². The van der Waals surface area contributed by atoms with Gasteiger partial charge in [-0.25, -0.2) is 4.79 Å². The van der Waals surface area contributed by atoms with E-state index >= 15 is 0 Å². The van der Waals surface area contributed by atoms with E-state index in [9.17, 15) is 4.79 Å². The van der Waals surface area contributed by atoms with Gasteiger partial charge in [-0.05, 0) is 65.7 Å². The molecule has 1 aromatic rings. The summed E-state index contributed by atoms with van der Waals surface area (Å²) in [5, 5.41) is 0.738. The third kappa shape index (κ3) is 5.32. The number of hydrogen-bond donors (Lipinski definition) is 0. The highest BCUT2D eigenvalue weighted by Crippen LogP contribution is 2.45. The van der Waals surface area contributed by atoms with Crippen LogP contribution < -0.4 is 0 Å². The maximum atomic E-state index is 12.8. The van der Waals surface area contributed by atoms with Crippen molar-refractivity contribution in [2.75, 3.05) is 19.8 Å². The van der Waals surface area contributed by atoms with E-state index in [1.807, 2.05) is 30.8 Å². The number of benzene rings is 1. The summed E-state index contributed by atoms with van der Waals surface area (Å²) in [4.78, 5) is 14.0. The Morgan fingerprint density at radius 1 is 1.27 bits per heavy atom. The molecule has 6 heteroatoms.